The zero-order valence-electron chi connectivity index (χ0n) is 19.0. The zero-order valence-corrected chi connectivity index (χ0v) is 19.0. The van der Waals surface area contributed by atoms with E-state index in [4.69, 9.17) is 14.2 Å². The lowest BCUT2D eigenvalue weighted by Crippen LogP contribution is -2.43. The Kier molecular flexibility index (Phi) is 7.72. The van der Waals surface area contributed by atoms with E-state index in [1.54, 1.807) is 29.2 Å². The van der Waals surface area contributed by atoms with Crippen molar-refractivity contribution in [2.75, 3.05) is 39.5 Å². The molecule has 4 rings (SSSR count). The van der Waals surface area contributed by atoms with Gasteiger partial charge in [0.25, 0.3) is 11.8 Å². The first-order chi connectivity index (χ1) is 16.6. The summed E-state index contributed by atoms with van der Waals surface area (Å²) in [4.78, 5) is 26.5. The van der Waals surface area contributed by atoms with Gasteiger partial charge in [0.15, 0.2) is 18.1 Å². The van der Waals surface area contributed by atoms with E-state index in [9.17, 15) is 9.59 Å². The van der Waals surface area contributed by atoms with E-state index in [2.05, 4.69) is 10.5 Å². The Morgan fingerprint density at radius 3 is 2.59 bits per heavy atom. The lowest BCUT2D eigenvalue weighted by atomic mass is 10.1. The average Bonchev–Trinajstić information content (AvgIpc) is 2.88. The Labute approximate surface area is 198 Å². The number of hydrogen-bond acceptors (Lipinski definition) is 6. The van der Waals surface area contributed by atoms with Gasteiger partial charge < -0.3 is 19.1 Å². The molecule has 1 N–H and O–H groups in total. The first kappa shape index (κ1) is 23.3. The first-order valence-corrected chi connectivity index (χ1v) is 11.2. The Morgan fingerprint density at radius 2 is 1.79 bits per heavy atom. The van der Waals surface area contributed by atoms with Gasteiger partial charge in [-0.1, -0.05) is 30.3 Å². The van der Waals surface area contributed by atoms with E-state index >= 15 is 0 Å². The van der Waals surface area contributed by atoms with E-state index in [0.717, 1.165) is 10.8 Å². The number of fused-ring (bicyclic) bond motifs is 1. The summed E-state index contributed by atoms with van der Waals surface area (Å²) >= 11 is 0. The molecule has 3 aromatic carbocycles. The van der Waals surface area contributed by atoms with E-state index < -0.39 is 0 Å². The standard InChI is InChI=1S/C26H27N3O5/c1-2-33-24-15-19(7-10-23(24)34-18-25(30)29-11-13-32-14-12-29)17-27-28-26(31)22-9-8-20-5-3-4-6-21(20)16-22/h3-10,15-17H,2,11-14,18H2,1H3,(H,28,31)/b27-17-. The number of morpholine rings is 1. The van der Waals surface area contributed by atoms with Crippen molar-refractivity contribution in [1.82, 2.24) is 10.3 Å². The number of hydrogen-bond donors (Lipinski definition) is 1. The van der Waals surface area contributed by atoms with E-state index in [-0.39, 0.29) is 18.4 Å². The Balaban J connectivity index is 1.37. The van der Waals surface area contributed by atoms with Gasteiger partial charge in [0, 0.05) is 18.7 Å². The van der Waals surface area contributed by atoms with Crippen molar-refractivity contribution in [3.8, 4) is 11.5 Å². The second-order valence-corrected chi connectivity index (χ2v) is 7.68. The Bertz CT molecular complexity index is 1190. The van der Waals surface area contributed by atoms with Gasteiger partial charge in [-0.25, -0.2) is 5.43 Å². The predicted octanol–water partition coefficient (Wildman–Crippen LogP) is 3.24. The monoisotopic (exact) mass is 461 g/mol. The van der Waals surface area contributed by atoms with Crippen molar-refractivity contribution in [3.63, 3.8) is 0 Å². The minimum atomic E-state index is -0.298. The normalized spacial score (nSPS) is 13.7. The molecular weight excluding hydrogens is 434 g/mol. The molecule has 3 aromatic rings. The van der Waals surface area contributed by atoms with Crippen LogP contribution in [0.2, 0.25) is 0 Å². The summed E-state index contributed by atoms with van der Waals surface area (Å²) < 4.78 is 16.7. The largest absolute Gasteiger partial charge is 0.490 e. The van der Waals surface area contributed by atoms with Crippen LogP contribution in [0.25, 0.3) is 10.8 Å². The number of carbonyl (C=O) groups is 2. The van der Waals surface area contributed by atoms with Crippen LogP contribution >= 0.6 is 0 Å². The molecule has 0 saturated carbocycles. The predicted molar refractivity (Wildman–Crippen MR) is 130 cm³/mol. The SMILES string of the molecule is CCOc1cc(/C=N\NC(=O)c2ccc3ccccc3c2)ccc1OCC(=O)N1CCOCC1. The summed E-state index contributed by atoms with van der Waals surface area (Å²) in [7, 11) is 0. The van der Waals surface area contributed by atoms with E-state index in [1.165, 1.54) is 6.21 Å². The smallest absolute Gasteiger partial charge is 0.271 e. The Morgan fingerprint density at radius 1 is 1.00 bits per heavy atom. The summed E-state index contributed by atoms with van der Waals surface area (Å²) in [5.41, 5.74) is 3.80. The maximum Gasteiger partial charge on any atom is 0.271 e. The third-order valence-corrected chi connectivity index (χ3v) is 5.37. The van der Waals surface area contributed by atoms with Crippen molar-refractivity contribution < 1.29 is 23.8 Å². The highest BCUT2D eigenvalue weighted by molar-refractivity contribution is 5.99. The van der Waals surface area contributed by atoms with Gasteiger partial charge in [-0.15, -0.1) is 0 Å². The topological polar surface area (TPSA) is 89.5 Å². The second kappa shape index (κ2) is 11.3. The fraction of sp³-hybridized carbons (Fsp3) is 0.269. The number of nitrogens with one attached hydrogen (secondary N) is 1. The highest BCUT2D eigenvalue weighted by Gasteiger charge is 2.18. The molecule has 0 unspecified atom stereocenters. The van der Waals surface area contributed by atoms with Crippen LogP contribution in [-0.4, -0.2) is 62.4 Å². The fourth-order valence-corrected chi connectivity index (χ4v) is 3.60. The molecule has 0 atom stereocenters. The summed E-state index contributed by atoms with van der Waals surface area (Å²) in [5, 5.41) is 6.13. The number of amides is 2. The zero-order chi connectivity index (χ0) is 23.8. The lowest BCUT2D eigenvalue weighted by molar-refractivity contribution is -0.137. The van der Waals surface area contributed by atoms with Crippen LogP contribution in [-0.2, 0) is 9.53 Å². The van der Waals surface area contributed by atoms with Crippen LogP contribution in [0.3, 0.4) is 0 Å². The molecule has 1 saturated heterocycles. The van der Waals surface area contributed by atoms with E-state index in [0.29, 0.717) is 55.5 Å². The summed E-state index contributed by atoms with van der Waals surface area (Å²) in [6.07, 6.45) is 1.53. The van der Waals surface area contributed by atoms with Crippen LogP contribution < -0.4 is 14.9 Å². The van der Waals surface area contributed by atoms with Gasteiger partial charge >= 0.3 is 0 Å². The highest BCUT2D eigenvalue weighted by atomic mass is 16.5. The quantitative estimate of drug-likeness (QED) is 0.411. The van der Waals surface area contributed by atoms with Gasteiger partial charge in [0.05, 0.1) is 26.0 Å². The molecule has 34 heavy (non-hydrogen) atoms. The summed E-state index contributed by atoms with van der Waals surface area (Å²) in [6, 6.07) is 18.6. The van der Waals surface area contributed by atoms with Gasteiger partial charge in [-0.05, 0) is 53.6 Å². The van der Waals surface area contributed by atoms with Crippen molar-refractivity contribution in [2.45, 2.75) is 6.92 Å². The third-order valence-electron chi connectivity index (χ3n) is 5.37. The minimum absolute atomic E-state index is 0.0741. The number of carbonyl (C=O) groups excluding carboxylic acids is 2. The van der Waals surface area contributed by atoms with Crippen LogP contribution in [0.4, 0.5) is 0 Å². The number of nitrogens with zero attached hydrogens (tertiary/aromatic N) is 2. The van der Waals surface area contributed by atoms with Crippen LogP contribution in [0, 0.1) is 0 Å². The fourth-order valence-electron chi connectivity index (χ4n) is 3.60. The second-order valence-electron chi connectivity index (χ2n) is 7.68. The molecular formula is C26H27N3O5. The molecule has 2 amide bonds. The molecule has 176 valence electrons. The summed E-state index contributed by atoms with van der Waals surface area (Å²) in [6.45, 7) is 4.46. The lowest BCUT2D eigenvalue weighted by Gasteiger charge is -2.26. The molecule has 1 aliphatic rings. The van der Waals surface area contributed by atoms with Crippen LogP contribution in [0.1, 0.15) is 22.8 Å². The van der Waals surface area contributed by atoms with Crippen molar-refractivity contribution >= 4 is 28.8 Å². The molecule has 1 heterocycles. The highest BCUT2D eigenvalue weighted by Crippen LogP contribution is 2.28. The average molecular weight is 462 g/mol. The van der Waals surface area contributed by atoms with Gasteiger partial charge in [0.1, 0.15) is 0 Å². The third kappa shape index (κ3) is 5.90. The Hall–Kier alpha value is -3.91. The van der Waals surface area contributed by atoms with Gasteiger partial charge in [-0.2, -0.15) is 5.10 Å². The first-order valence-electron chi connectivity index (χ1n) is 11.2. The molecule has 1 fully saturated rings. The molecule has 0 aliphatic carbocycles. The molecule has 1 aliphatic heterocycles. The van der Waals surface area contributed by atoms with E-state index in [1.807, 2.05) is 43.3 Å². The van der Waals surface area contributed by atoms with Crippen LogP contribution in [0.5, 0.6) is 11.5 Å². The van der Waals surface area contributed by atoms with Gasteiger partial charge in [0.2, 0.25) is 0 Å². The van der Waals surface area contributed by atoms with Crippen molar-refractivity contribution in [2.24, 2.45) is 5.10 Å². The maximum atomic E-state index is 12.5. The molecule has 0 spiro atoms. The number of rotatable bonds is 8. The van der Waals surface area contributed by atoms with Gasteiger partial charge in [-0.3, -0.25) is 9.59 Å². The number of hydrazone groups is 1. The summed E-state index contributed by atoms with van der Waals surface area (Å²) in [5.74, 6) is 0.587. The van der Waals surface area contributed by atoms with Crippen molar-refractivity contribution in [1.29, 1.82) is 0 Å². The van der Waals surface area contributed by atoms with Crippen LogP contribution in [0.15, 0.2) is 65.8 Å². The number of ether oxygens (including phenoxy) is 3. The van der Waals surface area contributed by atoms with Crippen molar-refractivity contribution in [3.05, 3.63) is 71.8 Å². The molecule has 0 radical (unpaired) electrons. The molecule has 8 nitrogen and oxygen atoms in total. The molecule has 8 heteroatoms. The molecule has 0 aromatic heterocycles. The number of benzene rings is 3. The molecule has 0 bridgehead atoms. The maximum absolute atomic E-state index is 12.5. The minimum Gasteiger partial charge on any atom is -0.490 e.